The van der Waals surface area contributed by atoms with Crippen molar-refractivity contribution in [2.24, 2.45) is 11.3 Å². The second kappa shape index (κ2) is 7.41. The average Bonchev–Trinajstić information content (AvgIpc) is 2.29. The Morgan fingerprint density at radius 3 is 2.29 bits per heavy atom. The van der Waals surface area contributed by atoms with Crippen LogP contribution in [-0.4, -0.2) is 12.6 Å². The van der Waals surface area contributed by atoms with E-state index in [1.165, 1.54) is 57.9 Å². The molecule has 1 N–H and O–H groups in total. The molecule has 0 amide bonds. The van der Waals surface area contributed by atoms with E-state index in [0.29, 0.717) is 5.41 Å². The fourth-order valence-corrected chi connectivity index (χ4v) is 2.96. The van der Waals surface area contributed by atoms with Gasteiger partial charge in [0.25, 0.3) is 0 Å². The highest BCUT2D eigenvalue weighted by Gasteiger charge is 2.24. The van der Waals surface area contributed by atoms with Crippen LogP contribution in [0.4, 0.5) is 0 Å². The lowest BCUT2D eigenvalue weighted by Gasteiger charge is -2.33. The van der Waals surface area contributed by atoms with Gasteiger partial charge in [0, 0.05) is 6.04 Å². The number of rotatable bonds is 6. The first kappa shape index (κ1) is 15.0. The summed E-state index contributed by atoms with van der Waals surface area (Å²) in [6, 6.07) is 0.787. The Labute approximate surface area is 109 Å². The molecule has 1 saturated carbocycles. The first-order valence-electron chi connectivity index (χ1n) is 7.76. The largest absolute Gasteiger partial charge is 0.314 e. The first-order chi connectivity index (χ1) is 8.03. The molecular weight excluding hydrogens is 206 g/mol. The molecule has 0 heterocycles. The topological polar surface area (TPSA) is 12.0 Å². The van der Waals surface area contributed by atoms with Gasteiger partial charge < -0.3 is 5.32 Å². The van der Waals surface area contributed by atoms with Crippen molar-refractivity contribution in [1.29, 1.82) is 0 Å². The molecule has 0 aromatic heterocycles. The van der Waals surface area contributed by atoms with Crippen molar-refractivity contribution in [2.45, 2.75) is 85.1 Å². The molecular formula is C16H33N. The van der Waals surface area contributed by atoms with Crippen molar-refractivity contribution in [1.82, 2.24) is 5.32 Å². The molecule has 0 aliphatic heterocycles. The Bertz CT molecular complexity index is 186. The fourth-order valence-electron chi connectivity index (χ4n) is 2.96. The molecule has 0 aromatic carbocycles. The van der Waals surface area contributed by atoms with Crippen molar-refractivity contribution in [3.63, 3.8) is 0 Å². The summed E-state index contributed by atoms with van der Waals surface area (Å²) in [5.41, 5.74) is 0.487. The van der Waals surface area contributed by atoms with Crippen LogP contribution in [-0.2, 0) is 0 Å². The molecule has 1 aliphatic rings. The molecule has 1 nitrogen and oxygen atoms in total. The molecule has 1 fully saturated rings. The molecule has 1 atom stereocenters. The van der Waals surface area contributed by atoms with Crippen LogP contribution >= 0.6 is 0 Å². The molecule has 0 aromatic rings. The van der Waals surface area contributed by atoms with E-state index < -0.39 is 0 Å². The Balaban J connectivity index is 2.40. The highest BCUT2D eigenvalue weighted by atomic mass is 14.9. The standard InChI is InChI=1S/C16H33N/c1-5-13-17-15(11-12-16(2,3)4)14-9-7-6-8-10-14/h14-15,17H,5-13H2,1-4H3. The van der Waals surface area contributed by atoms with E-state index >= 15 is 0 Å². The summed E-state index contributed by atoms with van der Waals surface area (Å²) >= 11 is 0. The normalized spacial score (nSPS) is 20.5. The lowest BCUT2D eigenvalue weighted by molar-refractivity contribution is 0.231. The summed E-state index contributed by atoms with van der Waals surface area (Å²) in [5.74, 6) is 0.956. The summed E-state index contributed by atoms with van der Waals surface area (Å²) < 4.78 is 0. The van der Waals surface area contributed by atoms with Crippen LogP contribution in [0.1, 0.15) is 79.1 Å². The van der Waals surface area contributed by atoms with Gasteiger partial charge in [-0.1, -0.05) is 47.0 Å². The molecule has 17 heavy (non-hydrogen) atoms. The van der Waals surface area contributed by atoms with Crippen LogP contribution in [0.15, 0.2) is 0 Å². The second-order valence-corrected chi connectivity index (χ2v) is 7.06. The van der Waals surface area contributed by atoms with Crippen LogP contribution < -0.4 is 5.32 Å². The van der Waals surface area contributed by atoms with Gasteiger partial charge in [-0.05, 0) is 50.0 Å². The maximum Gasteiger partial charge on any atom is 0.00955 e. The van der Waals surface area contributed by atoms with Crippen molar-refractivity contribution < 1.29 is 0 Å². The number of nitrogens with one attached hydrogen (secondary N) is 1. The SMILES string of the molecule is CCCNC(CCC(C)(C)C)C1CCCCC1. The number of hydrogen-bond acceptors (Lipinski definition) is 1. The van der Waals surface area contributed by atoms with E-state index in [-0.39, 0.29) is 0 Å². The van der Waals surface area contributed by atoms with Gasteiger partial charge in [0.05, 0.1) is 0 Å². The molecule has 1 rings (SSSR count). The molecule has 1 heteroatoms. The van der Waals surface area contributed by atoms with Gasteiger partial charge in [0.1, 0.15) is 0 Å². The maximum absolute atomic E-state index is 3.81. The number of hydrogen-bond donors (Lipinski definition) is 1. The van der Waals surface area contributed by atoms with Crippen molar-refractivity contribution >= 4 is 0 Å². The molecule has 0 bridgehead atoms. The van der Waals surface area contributed by atoms with Gasteiger partial charge in [-0.2, -0.15) is 0 Å². The van der Waals surface area contributed by atoms with Gasteiger partial charge in [-0.15, -0.1) is 0 Å². The quantitative estimate of drug-likeness (QED) is 0.704. The lowest BCUT2D eigenvalue weighted by Crippen LogP contribution is -2.38. The summed E-state index contributed by atoms with van der Waals surface area (Å²) in [6.07, 6.45) is 11.3. The predicted octanol–water partition coefficient (Wildman–Crippen LogP) is 4.76. The Morgan fingerprint density at radius 1 is 1.12 bits per heavy atom. The van der Waals surface area contributed by atoms with Crippen molar-refractivity contribution in [2.75, 3.05) is 6.54 Å². The summed E-state index contributed by atoms with van der Waals surface area (Å²) in [6.45, 7) is 10.6. The van der Waals surface area contributed by atoms with Crippen molar-refractivity contribution in [3.8, 4) is 0 Å². The molecule has 0 spiro atoms. The Kier molecular flexibility index (Phi) is 6.54. The van der Waals surface area contributed by atoms with Crippen LogP contribution in [0.3, 0.4) is 0 Å². The van der Waals surface area contributed by atoms with Gasteiger partial charge in [0.15, 0.2) is 0 Å². The zero-order valence-electron chi connectivity index (χ0n) is 12.5. The van der Waals surface area contributed by atoms with E-state index in [1.54, 1.807) is 0 Å². The maximum atomic E-state index is 3.81. The lowest BCUT2D eigenvalue weighted by atomic mass is 9.79. The minimum Gasteiger partial charge on any atom is -0.314 e. The second-order valence-electron chi connectivity index (χ2n) is 7.06. The fraction of sp³-hybridized carbons (Fsp3) is 1.00. The van der Waals surface area contributed by atoms with Gasteiger partial charge in [-0.3, -0.25) is 0 Å². The minimum absolute atomic E-state index is 0.487. The molecule has 0 saturated heterocycles. The van der Waals surface area contributed by atoms with E-state index in [1.807, 2.05) is 0 Å². The van der Waals surface area contributed by atoms with Gasteiger partial charge in [0.2, 0.25) is 0 Å². The zero-order valence-corrected chi connectivity index (χ0v) is 12.5. The highest BCUT2D eigenvalue weighted by molar-refractivity contribution is 4.81. The summed E-state index contributed by atoms with van der Waals surface area (Å²) in [5, 5.41) is 3.81. The Morgan fingerprint density at radius 2 is 1.76 bits per heavy atom. The minimum atomic E-state index is 0.487. The smallest absolute Gasteiger partial charge is 0.00955 e. The summed E-state index contributed by atoms with van der Waals surface area (Å²) in [7, 11) is 0. The van der Waals surface area contributed by atoms with Gasteiger partial charge >= 0.3 is 0 Å². The molecule has 1 aliphatic carbocycles. The first-order valence-corrected chi connectivity index (χ1v) is 7.76. The van der Waals surface area contributed by atoms with E-state index in [4.69, 9.17) is 0 Å². The van der Waals surface area contributed by atoms with Gasteiger partial charge in [-0.25, -0.2) is 0 Å². The Hall–Kier alpha value is -0.0400. The molecule has 1 unspecified atom stereocenters. The third-order valence-corrected chi connectivity index (χ3v) is 4.08. The predicted molar refractivity (Wildman–Crippen MR) is 77.3 cm³/mol. The van der Waals surface area contributed by atoms with E-state index in [9.17, 15) is 0 Å². The highest BCUT2D eigenvalue weighted by Crippen LogP contribution is 2.31. The summed E-state index contributed by atoms with van der Waals surface area (Å²) in [4.78, 5) is 0. The molecule has 102 valence electrons. The van der Waals surface area contributed by atoms with Crippen LogP contribution in [0, 0.1) is 11.3 Å². The average molecular weight is 239 g/mol. The van der Waals surface area contributed by atoms with E-state index in [2.05, 4.69) is 33.0 Å². The third kappa shape index (κ3) is 6.45. The van der Waals surface area contributed by atoms with Crippen LogP contribution in [0.2, 0.25) is 0 Å². The van der Waals surface area contributed by atoms with Crippen LogP contribution in [0.5, 0.6) is 0 Å². The monoisotopic (exact) mass is 239 g/mol. The third-order valence-electron chi connectivity index (χ3n) is 4.08. The zero-order chi connectivity index (χ0) is 12.7. The van der Waals surface area contributed by atoms with Crippen molar-refractivity contribution in [3.05, 3.63) is 0 Å². The molecule has 0 radical (unpaired) electrons. The van der Waals surface area contributed by atoms with Crippen LogP contribution in [0.25, 0.3) is 0 Å². The van der Waals surface area contributed by atoms with E-state index in [0.717, 1.165) is 12.0 Å².